The average Bonchev–Trinajstić information content (AvgIpc) is 2.55. The minimum atomic E-state index is -0.594. The van der Waals surface area contributed by atoms with Crippen LogP contribution in [0.2, 0.25) is 0 Å². The Bertz CT molecular complexity index is 653. The molecule has 0 fully saturated rings. The first-order valence-electron chi connectivity index (χ1n) is 6.55. The highest BCUT2D eigenvalue weighted by atomic mass is 32.2. The third kappa shape index (κ3) is 4.56. The zero-order valence-electron chi connectivity index (χ0n) is 12.3. The molecule has 4 nitrogen and oxygen atoms in total. The van der Waals surface area contributed by atoms with Gasteiger partial charge in [0.1, 0.15) is 12.0 Å². The first-order chi connectivity index (χ1) is 10.7. The van der Waals surface area contributed by atoms with Gasteiger partial charge in [-0.3, -0.25) is 0 Å². The van der Waals surface area contributed by atoms with Crippen LogP contribution >= 0.6 is 11.8 Å². The van der Waals surface area contributed by atoms with Gasteiger partial charge in [-0.05, 0) is 30.3 Å². The number of ether oxygens (including phenoxy) is 3. The molecule has 2 rings (SSSR count). The van der Waals surface area contributed by atoms with Crippen molar-refractivity contribution in [2.45, 2.75) is 9.79 Å². The van der Waals surface area contributed by atoms with Crippen molar-refractivity contribution in [3.63, 3.8) is 0 Å². The summed E-state index contributed by atoms with van der Waals surface area (Å²) in [5.74, 6) is -0.0653. The Morgan fingerprint density at radius 1 is 1.00 bits per heavy atom. The summed E-state index contributed by atoms with van der Waals surface area (Å²) in [7, 11) is 2.73. The monoisotopic (exact) mass is 316 g/mol. The van der Waals surface area contributed by atoms with Gasteiger partial charge >= 0.3 is 5.97 Å². The Hall–Kier alpha value is -2.40. The number of hydrogen-bond donors (Lipinski definition) is 0. The van der Waals surface area contributed by atoms with Crippen molar-refractivity contribution < 1.29 is 19.0 Å². The Morgan fingerprint density at radius 2 is 1.73 bits per heavy atom. The summed E-state index contributed by atoms with van der Waals surface area (Å²) in [5, 5.41) is 0. The zero-order valence-corrected chi connectivity index (χ0v) is 13.1. The van der Waals surface area contributed by atoms with Crippen LogP contribution in [0, 0.1) is 0 Å². The first-order valence-corrected chi connectivity index (χ1v) is 7.36. The van der Waals surface area contributed by atoms with E-state index in [2.05, 4.69) is 4.74 Å². The van der Waals surface area contributed by atoms with E-state index in [1.165, 1.54) is 20.5 Å². The summed E-state index contributed by atoms with van der Waals surface area (Å²) >= 11 is 1.61. The molecule has 0 saturated heterocycles. The highest BCUT2D eigenvalue weighted by Crippen LogP contribution is 2.30. The van der Waals surface area contributed by atoms with Crippen LogP contribution in [0.5, 0.6) is 5.75 Å². The molecule has 0 atom stereocenters. The van der Waals surface area contributed by atoms with Gasteiger partial charge in [-0.2, -0.15) is 0 Å². The fourth-order valence-electron chi connectivity index (χ4n) is 1.67. The summed E-state index contributed by atoms with van der Waals surface area (Å²) in [6.45, 7) is 0. The largest absolute Gasteiger partial charge is 0.500 e. The number of benzene rings is 2. The van der Waals surface area contributed by atoms with Gasteiger partial charge in [0, 0.05) is 9.79 Å². The van der Waals surface area contributed by atoms with Gasteiger partial charge < -0.3 is 14.2 Å². The van der Waals surface area contributed by atoms with Crippen molar-refractivity contribution in [3.8, 4) is 5.75 Å². The second kappa shape index (κ2) is 8.14. The molecule has 114 valence electrons. The van der Waals surface area contributed by atoms with Gasteiger partial charge in [-0.15, -0.1) is 0 Å². The molecule has 0 unspecified atom stereocenters. The van der Waals surface area contributed by atoms with Crippen LogP contribution < -0.4 is 4.74 Å². The number of rotatable bonds is 6. The Balaban J connectivity index is 2.14. The molecule has 0 saturated carbocycles. The lowest BCUT2D eigenvalue weighted by Crippen LogP contribution is -2.11. The highest BCUT2D eigenvalue weighted by molar-refractivity contribution is 7.99. The van der Waals surface area contributed by atoms with Gasteiger partial charge in [0.2, 0.25) is 5.76 Å². The number of esters is 1. The standard InChI is InChI=1S/C17H16O4S/c1-19-12-16(17(18)20-2)21-13-7-6-10-15(11-13)22-14-8-4-3-5-9-14/h3-12H,1-2H3. The molecule has 0 bridgehead atoms. The van der Waals surface area contributed by atoms with Gasteiger partial charge in [0.25, 0.3) is 0 Å². The quantitative estimate of drug-likeness (QED) is 0.460. The lowest BCUT2D eigenvalue weighted by Gasteiger charge is -2.09. The molecule has 0 aliphatic heterocycles. The van der Waals surface area contributed by atoms with Gasteiger partial charge in [-0.1, -0.05) is 36.0 Å². The molecule has 0 N–H and O–H groups in total. The summed E-state index contributed by atoms with van der Waals surface area (Å²) in [5.41, 5.74) is 0. The van der Waals surface area contributed by atoms with Crippen molar-refractivity contribution in [2.75, 3.05) is 14.2 Å². The number of carbonyl (C=O) groups is 1. The molecule has 2 aromatic carbocycles. The van der Waals surface area contributed by atoms with Gasteiger partial charge in [0.15, 0.2) is 0 Å². The van der Waals surface area contributed by atoms with Crippen molar-refractivity contribution >= 4 is 17.7 Å². The van der Waals surface area contributed by atoms with Crippen molar-refractivity contribution in [2.24, 2.45) is 0 Å². The number of carbonyl (C=O) groups excluding carboxylic acids is 1. The smallest absolute Gasteiger partial charge is 0.377 e. The van der Waals surface area contributed by atoms with E-state index in [0.717, 1.165) is 9.79 Å². The summed E-state index contributed by atoms with van der Waals surface area (Å²) in [6, 6.07) is 17.5. The molecule has 2 aromatic rings. The lowest BCUT2D eigenvalue weighted by molar-refractivity contribution is -0.138. The van der Waals surface area contributed by atoms with E-state index in [1.807, 2.05) is 48.5 Å². The molecule has 0 amide bonds. The molecule has 0 aliphatic rings. The number of methoxy groups -OCH3 is 2. The van der Waals surface area contributed by atoms with Gasteiger partial charge in [-0.25, -0.2) is 4.79 Å². The topological polar surface area (TPSA) is 44.8 Å². The predicted octanol–water partition coefficient (Wildman–Crippen LogP) is 3.88. The van der Waals surface area contributed by atoms with Crippen LogP contribution in [0.15, 0.2) is 76.4 Å². The summed E-state index contributed by atoms with van der Waals surface area (Å²) in [4.78, 5) is 13.7. The Labute approximate surface area is 133 Å². The molecule has 5 heteroatoms. The SMILES string of the molecule is COC=C(Oc1cccc(Sc2ccccc2)c1)C(=O)OC. The third-order valence-electron chi connectivity index (χ3n) is 2.62. The van der Waals surface area contributed by atoms with Crippen molar-refractivity contribution in [3.05, 3.63) is 66.6 Å². The maximum Gasteiger partial charge on any atom is 0.377 e. The molecule has 0 aliphatic carbocycles. The van der Waals surface area contributed by atoms with E-state index in [1.54, 1.807) is 17.8 Å². The maximum absolute atomic E-state index is 11.6. The van der Waals surface area contributed by atoms with E-state index in [-0.39, 0.29) is 5.76 Å². The lowest BCUT2D eigenvalue weighted by atomic mass is 10.3. The molecular formula is C17H16O4S. The van der Waals surface area contributed by atoms with E-state index < -0.39 is 5.97 Å². The molecule has 0 spiro atoms. The van der Waals surface area contributed by atoms with Crippen LogP contribution in [-0.4, -0.2) is 20.2 Å². The Kier molecular flexibility index (Phi) is 5.91. The molecule has 22 heavy (non-hydrogen) atoms. The van der Waals surface area contributed by atoms with Crippen LogP contribution in [0.3, 0.4) is 0 Å². The van der Waals surface area contributed by atoms with Crippen LogP contribution in [-0.2, 0) is 14.3 Å². The zero-order chi connectivity index (χ0) is 15.8. The third-order valence-corrected chi connectivity index (χ3v) is 3.62. The predicted molar refractivity (Wildman–Crippen MR) is 84.7 cm³/mol. The molecular weight excluding hydrogens is 300 g/mol. The van der Waals surface area contributed by atoms with E-state index >= 15 is 0 Å². The number of hydrogen-bond acceptors (Lipinski definition) is 5. The van der Waals surface area contributed by atoms with E-state index in [4.69, 9.17) is 9.47 Å². The highest BCUT2D eigenvalue weighted by Gasteiger charge is 2.13. The molecule has 0 aromatic heterocycles. The first kappa shape index (κ1) is 16.0. The second-order valence-corrected chi connectivity index (χ2v) is 5.35. The van der Waals surface area contributed by atoms with Crippen molar-refractivity contribution in [1.82, 2.24) is 0 Å². The average molecular weight is 316 g/mol. The minimum Gasteiger partial charge on any atom is -0.500 e. The van der Waals surface area contributed by atoms with Crippen molar-refractivity contribution in [1.29, 1.82) is 0 Å². The summed E-state index contributed by atoms with van der Waals surface area (Å²) < 4.78 is 15.0. The minimum absolute atomic E-state index is 0.00754. The maximum atomic E-state index is 11.6. The summed E-state index contributed by atoms with van der Waals surface area (Å²) in [6.07, 6.45) is 1.21. The second-order valence-electron chi connectivity index (χ2n) is 4.20. The normalized spacial score (nSPS) is 10.9. The van der Waals surface area contributed by atoms with E-state index in [9.17, 15) is 4.79 Å². The Morgan fingerprint density at radius 3 is 2.41 bits per heavy atom. The van der Waals surface area contributed by atoms with Crippen LogP contribution in [0.1, 0.15) is 0 Å². The van der Waals surface area contributed by atoms with Crippen LogP contribution in [0.4, 0.5) is 0 Å². The van der Waals surface area contributed by atoms with E-state index in [0.29, 0.717) is 5.75 Å². The van der Waals surface area contributed by atoms with Gasteiger partial charge in [0.05, 0.1) is 14.2 Å². The fourth-order valence-corrected chi connectivity index (χ4v) is 2.56. The fraction of sp³-hybridized carbons (Fsp3) is 0.118. The molecule has 0 radical (unpaired) electrons. The van der Waals surface area contributed by atoms with Crippen LogP contribution in [0.25, 0.3) is 0 Å². The molecule has 0 heterocycles.